The van der Waals surface area contributed by atoms with Crippen molar-refractivity contribution < 1.29 is 33.4 Å². The number of nitrogens with one attached hydrogen (secondary N) is 1. The second-order valence-corrected chi connectivity index (χ2v) is 5.14. The van der Waals surface area contributed by atoms with E-state index < -0.39 is 36.1 Å². The van der Waals surface area contributed by atoms with Crippen LogP contribution in [0.15, 0.2) is 6.20 Å². The summed E-state index contributed by atoms with van der Waals surface area (Å²) in [5.74, 6) is -3.63. The van der Waals surface area contributed by atoms with Gasteiger partial charge in [0.2, 0.25) is 12.2 Å². The maximum Gasteiger partial charge on any atom is 0.359 e. The molecule has 26 heavy (non-hydrogen) atoms. The molecule has 0 unspecified atom stereocenters. The largest absolute Gasteiger partial charge is 0.446 e. The highest BCUT2D eigenvalue weighted by atomic mass is 16.7. The van der Waals surface area contributed by atoms with Crippen LogP contribution in [0.3, 0.4) is 0 Å². The van der Waals surface area contributed by atoms with E-state index in [4.69, 9.17) is 0 Å². The predicted octanol–water partition coefficient (Wildman–Crippen LogP) is 0.229. The summed E-state index contributed by atoms with van der Waals surface area (Å²) in [6.45, 7) is 4.08. The minimum absolute atomic E-state index is 0. The van der Waals surface area contributed by atoms with Crippen LogP contribution in [-0.4, -0.2) is 45.9 Å². The van der Waals surface area contributed by atoms with E-state index in [0.717, 1.165) is 26.9 Å². The average Bonchev–Trinajstić information content (AvgIpc) is 3.13. The number of ether oxygens (including phenoxy) is 3. The minimum atomic E-state index is -1.50. The summed E-state index contributed by atoms with van der Waals surface area (Å²) >= 11 is 0. The Kier molecular flexibility index (Phi) is 8.64. The van der Waals surface area contributed by atoms with Crippen molar-refractivity contribution in [2.45, 2.75) is 54.0 Å². The SMILES string of the molecule is C.C.CC(=O)O[C@H]1C(=O)OC(=O)[C@@H]1OC(C)=O.Cn1ncc2c1CNC2. The lowest BCUT2D eigenvalue weighted by Crippen LogP contribution is -2.36. The Labute approximate surface area is 151 Å². The standard InChI is InChI=1S/C8H8O7.C6H9N3.2CH4/c1-3(9)13-5-6(14-4(2)10)8(12)15-7(5)11;1-9-6-4-7-2-5(6)3-8-9;;/h5-6H,1-2H3;3,7H,2,4H2,1H3;2*1H4/t5-,6-;;;/m1.../s1. The van der Waals surface area contributed by atoms with Crippen LogP contribution in [0.2, 0.25) is 0 Å². The zero-order valence-corrected chi connectivity index (χ0v) is 13.4. The van der Waals surface area contributed by atoms with Crippen LogP contribution in [0.1, 0.15) is 40.0 Å². The zero-order chi connectivity index (χ0) is 17.9. The van der Waals surface area contributed by atoms with Crippen LogP contribution in [-0.2, 0) is 53.5 Å². The summed E-state index contributed by atoms with van der Waals surface area (Å²) < 4.78 is 15.1. The number of carbonyl (C=O) groups is 4. The lowest BCUT2D eigenvalue weighted by Gasteiger charge is -2.12. The van der Waals surface area contributed by atoms with Crippen LogP contribution >= 0.6 is 0 Å². The molecule has 2 aliphatic heterocycles. The van der Waals surface area contributed by atoms with Gasteiger partial charge in [-0.25, -0.2) is 9.59 Å². The highest BCUT2D eigenvalue weighted by molar-refractivity contribution is 6.01. The molecule has 10 nitrogen and oxygen atoms in total. The van der Waals surface area contributed by atoms with Gasteiger partial charge in [0, 0.05) is 39.5 Å². The van der Waals surface area contributed by atoms with Gasteiger partial charge in [0.15, 0.2) is 0 Å². The van der Waals surface area contributed by atoms with Crippen LogP contribution in [0, 0.1) is 0 Å². The molecule has 10 heteroatoms. The highest BCUT2D eigenvalue weighted by Crippen LogP contribution is 2.17. The molecule has 0 saturated carbocycles. The van der Waals surface area contributed by atoms with Gasteiger partial charge < -0.3 is 19.5 Å². The molecular formula is C16H25N3O7. The van der Waals surface area contributed by atoms with Gasteiger partial charge in [-0.15, -0.1) is 0 Å². The third-order valence-corrected chi connectivity index (χ3v) is 3.28. The van der Waals surface area contributed by atoms with E-state index in [2.05, 4.69) is 24.6 Å². The zero-order valence-electron chi connectivity index (χ0n) is 13.4. The Morgan fingerprint density at radius 1 is 1.12 bits per heavy atom. The number of nitrogens with zero attached hydrogens (tertiary/aromatic N) is 2. The number of aromatic nitrogens is 2. The van der Waals surface area contributed by atoms with Gasteiger partial charge in [-0.1, -0.05) is 14.9 Å². The van der Waals surface area contributed by atoms with Crippen LogP contribution in [0.5, 0.6) is 0 Å². The first kappa shape index (κ1) is 23.2. The van der Waals surface area contributed by atoms with Gasteiger partial charge in [0.1, 0.15) is 0 Å². The third kappa shape index (κ3) is 5.38. The van der Waals surface area contributed by atoms with Crippen LogP contribution < -0.4 is 5.32 Å². The number of fused-ring (bicyclic) bond motifs is 1. The molecule has 0 bridgehead atoms. The second kappa shape index (κ2) is 9.66. The molecule has 3 heterocycles. The van der Waals surface area contributed by atoms with Gasteiger partial charge in [-0.3, -0.25) is 14.3 Å². The summed E-state index contributed by atoms with van der Waals surface area (Å²) in [6.07, 6.45) is -1.08. The second-order valence-electron chi connectivity index (χ2n) is 5.14. The molecule has 2 aliphatic rings. The van der Waals surface area contributed by atoms with Crippen molar-refractivity contribution in [3.05, 3.63) is 17.5 Å². The number of cyclic esters (lactones) is 2. The molecule has 1 aromatic heterocycles. The summed E-state index contributed by atoms with van der Waals surface area (Å²) in [5.41, 5.74) is 2.67. The smallest absolute Gasteiger partial charge is 0.359 e. The van der Waals surface area contributed by atoms with Gasteiger partial charge in [-0.05, 0) is 0 Å². The molecule has 146 valence electrons. The van der Waals surface area contributed by atoms with Gasteiger partial charge in [0.05, 0.1) is 11.9 Å². The van der Waals surface area contributed by atoms with Gasteiger partial charge in [0.25, 0.3) is 0 Å². The van der Waals surface area contributed by atoms with Gasteiger partial charge >= 0.3 is 23.9 Å². The lowest BCUT2D eigenvalue weighted by molar-refractivity contribution is -0.167. The molecule has 1 aromatic rings. The summed E-state index contributed by atoms with van der Waals surface area (Å²) in [5, 5.41) is 7.36. The molecule has 0 spiro atoms. The first-order chi connectivity index (χ1) is 11.3. The van der Waals surface area contributed by atoms with E-state index >= 15 is 0 Å². The number of carbonyl (C=O) groups excluding carboxylic acids is 4. The molecule has 0 aliphatic carbocycles. The van der Waals surface area contributed by atoms with E-state index in [-0.39, 0.29) is 14.9 Å². The van der Waals surface area contributed by atoms with Gasteiger partial charge in [-0.2, -0.15) is 5.10 Å². The van der Waals surface area contributed by atoms with E-state index in [1.165, 1.54) is 11.3 Å². The molecule has 3 rings (SSSR count). The Hall–Kier alpha value is -2.75. The van der Waals surface area contributed by atoms with Crippen molar-refractivity contribution in [1.82, 2.24) is 15.1 Å². The maximum atomic E-state index is 11.0. The maximum absolute atomic E-state index is 11.0. The van der Waals surface area contributed by atoms with Crippen molar-refractivity contribution in [2.24, 2.45) is 7.05 Å². The Bertz CT molecular complexity index is 651. The average molecular weight is 371 g/mol. The fraction of sp³-hybridized carbons (Fsp3) is 0.562. The molecule has 0 radical (unpaired) electrons. The fourth-order valence-electron chi connectivity index (χ4n) is 2.24. The van der Waals surface area contributed by atoms with Crippen molar-refractivity contribution in [3.63, 3.8) is 0 Å². The van der Waals surface area contributed by atoms with Crippen molar-refractivity contribution in [2.75, 3.05) is 0 Å². The number of hydrogen-bond acceptors (Lipinski definition) is 9. The molecule has 2 atom stereocenters. The van der Waals surface area contributed by atoms with Crippen molar-refractivity contribution in [3.8, 4) is 0 Å². The summed E-state index contributed by atoms with van der Waals surface area (Å²) in [6, 6.07) is 0. The normalized spacial score (nSPS) is 19.8. The topological polar surface area (TPSA) is 126 Å². The van der Waals surface area contributed by atoms with E-state index in [1.54, 1.807) is 0 Å². The number of rotatable bonds is 2. The number of aryl methyl sites for hydroxylation is 1. The Morgan fingerprint density at radius 3 is 2.04 bits per heavy atom. The molecular weight excluding hydrogens is 346 g/mol. The number of hydrogen-bond donors (Lipinski definition) is 1. The minimum Gasteiger partial charge on any atom is -0.446 e. The monoisotopic (exact) mass is 371 g/mol. The molecule has 1 saturated heterocycles. The van der Waals surface area contributed by atoms with Crippen LogP contribution in [0.25, 0.3) is 0 Å². The fourth-order valence-corrected chi connectivity index (χ4v) is 2.24. The predicted molar refractivity (Wildman–Crippen MR) is 89.4 cm³/mol. The van der Waals surface area contributed by atoms with E-state index in [0.29, 0.717) is 0 Å². The number of esters is 4. The van der Waals surface area contributed by atoms with E-state index in [9.17, 15) is 19.2 Å². The lowest BCUT2D eigenvalue weighted by atomic mass is 10.2. The molecule has 0 amide bonds. The van der Waals surface area contributed by atoms with Crippen LogP contribution in [0.4, 0.5) is 0 Å². The molecule has 1 N–H and O–H groups in total. The van der Waals surface area contributed by atoms with E-state index in [1.807, 2.05) is 17.9 Å². The highest BCUT2D eigenvalue weighted by Gasteiger charge is 2.49. The quantitative estimate of drug-likeness (QED) is 0.441. The Balaban J connectivity index is 0.000000488. The third-order valence-electron chi connectivity index (χ3n) is 3.28. The first-order valence-corrected chi connectivity index (χ1v) is 7.10. The summed E-state index contributed by atoms with van der Waals surface area (Å²) in [4.78, 5) is 43.2. The molecule has 0 aromatic carbocycles. The first-order valence-electron chi connectivity index (χ1n) is 7.10. The molecule has 1 fully saturated rings. The van der Waals surface area contributed by atoms with Crippen molar-refractivity contribution in [1.29, 1.82) is 0 Å². The van der Waals surface area contributed by atoms with Crippen molar-refractivity contribution >= 4 is 23.9 Å². The summed E-state index contributed by atoms with van der Waals surface area (Å²) in [7, 11) is 1.98. The Morgan fingerprint density at radius 2 is 1.62 bits per heavy atom.